The lowest BCUT2D eigenvalue weighted by Gasteiger charge is -2.25. The predicted molar refractivity (Wildman–Crippen MR) is 110 cm³/mol. The third-order valence-electron chi connectivity index (χ3n) is 5.43. The molecule has 2 aromatic heterocycles. The van der Waals surface area contributed by atoms with Gasteiger partial charge in [-0.25, -0.2) is 4.98 Å². The molecule has 156 valence electrons. The molecule has 0 saturated carbocycles. The molecular weight excluding hydrogens is 377 g/mol. The number of aromatic nitrogens is 3. The summed E-state index contributed by atoms with van der Waals surface area (Å²) >= 11 is 0. The van der Waals surface area contributed by atoms with Crippen molar-refractivity contribution in [2.45, 2.75) is 59.3 Å². The van der Waals surface area contributed by atoms with Crippen LogP contribution in [0.4, 0.5) is 19.0 Å². The Morgan fingerprint density at radius 3 is 2.72 bits per heavy atom. The van der Waals surface area contributed by atoms with E-state index in [4.69, 9.17) is 0 Å². The smallest absolute Gasteiger partial charge is 0.361 e. The number of fused-ring (bicyclic) bond motifs is 1. The van der Waals surface area contributed by atoms with Crippen LogP contribution in [0.15, 0.2) is 36.6 Å². The zero-order valence-corrected chi connectivity index (χ0v) is 17.3. The fourth-order valence-corrected chi connectivity index (χ4v) is 3.52. The van der Waals surface area contributed by atoms with E-state index in [0.717, 1.165) is 48.1 Å². The van der Waals surface area contributed by atoms with Crippen LogP contribution in [0.5, 0.6) is 0 Å². The summed E-state index contributed by atoms with van der Waals surface area (Å²) < 4.78 is 40.9. The Kier molecular flexibility index (Phi) is 5.87. The van der Waals surface area contributed by atoms with E-state index in [1.807, 2.05) is 44.5 Å². The Morgan fingerprint density at radius 1 is 1.34 bits per heavy atom. The fraction of sp³-hybridized carbons (Fsp3) is 0.455. The van der Waals surface area contributed by atoms with Gasteiger partial charge in [0.15, 0.2) is 0 Å². The molecular formula is C22H27F3N4. The third-order valence-corrected chi connectivity index (χ3v) is 5.43. The van der Waals surface area contributed by atoms with Crippen molar-refractivity contribution in [2.24, 2.45) is 5.92 Å². The van der Waals surface area contributed by atoms with Crippen LogP contribution < -0.4 is 5.32 Å². The molecule has 4 nitrogen and oxygen atoms in total. The maximum absolute atomic E-state index is 13.0. The second-order valence-corrected chi connectivity index (χ2v) is 7.90. The Balaban J connectivity index is 1.95. The first-order valence-electron chi connectivity index (χ1n) is 9.82. The van der Waals surface area contributed by atoms with Gasteiger partial charge in [0.2, 0.25) is 0 Å². The van der Waals surface area contributed by atoms with Gasteiger partial charge >= 0.3 is 6.18 Å². The molecule has 0 aliphatic carbocycles. The first-order valence-corrected chi connectivity index (χ1v) is 9.82. The van der Waals surface area contributed by atoms with Gasteiger partial charge < -0.3 is 5.32 Å². The molecule has 1 atom stereocenters. The number of rotatable bonds is 5. The van der Waals surface area contributed by atoms with Gasteiger partial charge in [0.05, 0.1) is 17.4 Å². The Hall–Kier alpha value is -2.57. The molecule has 1 unspecified atom stereocenters. The molecule has 0 radical (unpaired) electrons. The van der Waals surface area contributed by atoms with Crippen LogP contribution in [0, 0.1) is 19.8 Å². The largest absolute Gasteiger partial charge is 0.415 e. The SMILES string of the molecule is C=C(/C=C(/c1cc2n(n1)CCCC2Nc1nccc(C)c1C)C(C)C)C(F)(F)F. The molecule has 0 fully saturated rings. The van der Waals surface area contributed by atoms with Crippen LogP contribution in [-0.4, -0.2) is 20.9 Å². The summed E-state index contributed by atoms with van der Waals surface area (Å²) in [5, 5.41) is 8.12. The first-order chi connectivity index (χ1) is 13.6. The molecule has 0 bridgehead atoms. The van der Waals surface area contributed by atoms with Crippen molar-refractivity contribution < 1.29 is 13.2 Å². The van der Waals surface area contributed by atoms with Gasteiger partial charge in [-0.3, -0.25) is 4.68 Å². The van der Waals surface area contributed by atoms with E-state index < -0.39 is 11.7 Å². The van der Waals surface area contributed by atoms with Gasteiger partial charge in [0, 0.05) is 18.3 Å². The predicted octanol–water partition coefficient (Wildman–Crippen LogP) is 6.00. The molecule has 0 saturated heterocycles. The lowest BCUT2D eigenvalue weighted by atomic mass is 9.96. The van der Waals surface area contributed by atoms with Gasteiger partial charge in [-0.05, 0) is 67.5 Å². The zero-order chi connectivity index (χ0) is 21.3. The lowest BCUT2D eigenvalue weighted by Crippen LogP contribution is -2.22. The minimum Gasteiger partial charge on any atom is -0.361 e. The highest BCUT2D eigenvalue weighted by atomic mass is 19.4. The number of pyridine rings is 1. The third kappa shape index (κ3) is 4.54. The van der Waals surface area contributed by atoms with Crippen molar-refractivity contribution in [3.05, 3.63) is 59.1 Å². The van der Waals surface area contributed by atoms with Crippen LogP contribution >= 0.6 is 0 Å². The number of alkyl halides is 3. The molecule has 2 aromatic rings. The normalized spacial score (nSPS) is 17.4. The van der Waals surface area contributed by atoms with E-state index in [0.29, 0.717) is 11.3 Å². The van der Waals surface area contributed by atoms with E-state index >= 15 is 0 Å². The number of hydrogen-bond acceptors (Lipinski definition) is 3. The maximum atomic E-state index is 13.0. The summed E-state index contributed by atoms with van der Waals surface area (Å²) in [7, 11) is 0. The summed E-state index contributed by atoms with van der Waals surface area (Å²) in [5.41, 5.74) is 3.47. The van der Waals surface area contributed by atoms with Crippen molar-refractivity contribution in [1.29, 1.82) is 0 Å². The van der Waals surface area contributed by atoms with Crippen molar-refractivity contribution >= 4 is 11.4 Å². The summed E-state index contributed by atoms with van der Waals surface area (Å²) in [4.78, 5) is 4.45. The average molecular weight is 404 g/mol. The Labute approximate surface area is 169 Å². The monoisotopic (exact) mass is 404 g/mol. The maximum Gasteiger partial charge on any atom is 0.415 e. The molecule has 1 N–H and O–H groups in total. The highest BCUT2D eigenvalue weighted by Gasteiger charge is 2.32. The fourth-order valence-electron chi connectivity index (χ4n) is 3.52. The second kappa shape index (κ2) is 8.05. The summed E-state index contributed by atoms with van der Waals surface area (Å²) in [6.45, 7) is 11.7. The zero-order valence-electron chi connectivity index (χ0n) is 17.3. The Bertz CT molecular complexity index is 938. The van der Waals surface area contributed by atoms with E-state index in [-0.39, 0.29) is 12.0 Å². The van der Waals surface area contributed by atoms with Crippen LogP contribution in [0.3, 0.4) is 0 Å². The summed E-state index contributed by atoms with van der Waals surface area (Å²) in [6.07, 6.45) is 0.299. The lowest BCUT2D eigenvalue weighted by molar-refractivity contribution is -0.0877. The van der Waals surface area contributed by atoms with Crippen LogP contribution in [0.25, 0.3) is 5.57 Å². The molecule has 0 aromatic carbocycles. The van der Waals surface area contributed by atoms with E-state index in [1.165, 1.54) is 0 Å². The van der Waals surface area contributed by atoms with Gasteiger partial charge in [-0.2, -0.15) is 18.3 Å². The average Bonchev–Trinajstić information content (AvgIpc) is 3.07. The summed E-state index contributed by atoms with van der Waals surface area (Å²) in [5.74, 6) is 0.717. The molecule has 7 heteroatoms. The van der Waals surface area contributed by atoms with Gasteiger partial charge in [-0.1, -0.05) is 20.4 Å². The van der Waals surface area contributed by atoms with Crippen LogP contribution in [-0.2, 0) is 6.54 Å². The van der Waals surface area contributed by atoms with Crippen molar-refractivity contribution in [1.82, 2.24) is 14.8 Å². The first kappa shape index (κ1) is 21.1. The number of nitrogens with zero attached hydrogens (tertiary/aromatic N) is 3. The van der Waals surface area contributed by atoms with E-state index in [1.54, 1.807) is 6.20 Å². The number of hydrogen-bond donors (Lipinski definition) is 1. The molecule has 29 heavy (non-hydrogen) atoms. The van der Waals surface area contributed by atoms with Gasteiger partial charge in [0.25, 0.3) is 0 Å². The topological polar surface area (TPSA) is 42.7 Å². The molecule has 3 rings (SSSR count). The number of anilines is 1. The minimum absolute atomic E-state index is 0.0113. The molecule has 0 spiro atoms. The van der Waals surface area contributed by atoms with E-state index in [9.17, 15) is 13.2 Å². The van der Waals surface area contributed by atoms with Crippen LogP contribution in [0.1, 0.15) is 55.2 Å². The van der Waals surface area contributed by atoms with Crippen molar-refractivity contribution in [3.8, 4) is 0 Å². The number of nitrogens with one attached hydrogen (secondary N) is 1. The van der Waals surface area contributed by atoms with Crippen molar-refractivity contribution in [3.63, 3.8) is 0 Å². The van der Waals surface area contributed by atoms with E-state index in [2.05, 4.69) is 22.0 Å². The number of allylic oxidation sites excluding steroid dienone is 3. The molecule has 3 heterocycles. The second-order valence-electron chi connectivity index (χ2n) is 7.90. The van der Waals surface area contributed by atoms with Crippen LogP contribution in [0.2, 0.25) is 0 Å². The minimum atomic E-state index is -4.45. The van der Waals surface area contributed by atoms with Gasteiger partial charge in [-0.15, -0.1) is 0 Å². The standard InChI is InChI=1S/C22H27F3N4/c1-13(2)17(11-15(4)22(23,24)25)19-12-20-18(7-6-10-29(20)28-19)27-21-16(5)14(3)8-9-26-21/h8-9,11-13,18H,4,6-7,10H2,1-3,5H3,(H,26,27)/b17-11+. The van der Waals surface area contributed by atoms with Crippen molar-refractivity contribution in [2.75, 3.05) is 5.32 Å². The quantitative estimate of drug-likeness (QED) is 0.622. The summed E-state index contributed by atoms with van der Waals surface area (Å²) in [6, 6.07) is 3.88. The molecule has 1 aliphatic heterocycles. The molecule has 1 aliphatic rings. The Morgan fingerprint density at radius 2 is 2.07 bits per heavy atom. The highest BCUT2D eigenvalue weighted by molar-refractivity contribution is 5.67. The number of aryl methyl sites for hydroxylation is 2. The van der Waals surface area contributed by atoms with Gasteiger partial charge in [0.1, 0.15) is 5.82 Å². The number of halogens is 3. The highest BCUT2D eigenvalue weighted by Crippen LogP contribution is 2.35. The molecule has 0 amide bonds.